The largest absolute Gasteiger partial charge is 0.355 e. The van der Waals surface area contributed by atoms with Crippen LogP contribution in [0.2, 0.25) is 0 Å². The van der Waals surface area contributed by atoms with Gasteiger partial charge in [0.25, 0.3) is 0 Å². The molecule has 0 atom stereocenters. The molecule has 0 aromatic carbocycles. The Balaban J connectivity index is 2.70. The Bertz CT molecular complexity index is 328. The van der Waals surface area contributed by atoms with E-state index in [-0.39, 0.29) is 0 Å². The second kappa shape index (κ2) is 6.86. The van der Waals surface area contributed by atoms with E-state index in [0.29, 0.717) is 0 Å². The molecule has 4 heteroatoms. The van der Waals surface area contributed by atoms with Crippen molar-refractivity contribution in [2.75, 3.05) is 31.1 Å². The molecule has 0 saturated carbocycles. The molecule has 1 N–H and O–H groups in total. The van der Waals surface area contributed by atoms with Crippen LogP contribution in [-0.4, -0.2) is 31.2 Å². The highest BCUT2D eigenvalue weighted by molar-refractivity contribution is 9.10. The van der Waals surface area contributed by atoms with Crippen LogP contribution in [0.25, 0.3) is 0 Å². The van der Waals surface area contributed by atoms with Gasteiger partial charge in [-0.25, -0.2) is 4.98 Å². The molecular weight excluding hydrogens is 266 g/mol. The minimum absolute atomic E-state index is 0.987. The van der Waals surface area contributed by atoms with Crippen LogP contribution in [-0.2, 0) is 0 Å². The molecule has 1 aromatic rings. The standard InChI is InChI=1S/C12H20BrN3/c1-4-14-6-7-16(5-2)12-10(3)8-11(13)9-15-12/h8-9,14H,4-7H2,1-3H3. The number of pyridine rings is 1. The Labute approximate surface area is 106 Å². The minimum Gasteiger partial charge on any atom is -0.355 e. The summed E-state index contributed by atoms with van der Waals surface area (Å²) < 4.78 is 1.04. The van der Waals surface area contributed by atoms with Crippen LogP contribution in [0, 0.1) is 6.92 Å². The lowest BCUT2D eigenvalue weighted by Crippen LogP contribution is -2.32. The summed E-state index contributed by atoms with van der Waals surface area (Å²) in [6, 6.07) is 2.11. The summed E-state index contributed by atoms with van der Waals surface area (Å²) in [5.41, 5.74) is 1.22. The lowest BCUT2D eigenvalue weighted by molar-refractivity contribution is 0.682. The summed E-state index contributed by atoms with van der Waals surface area (Å²) in [6.07, 6.45) is 1.86. The lowest BCUT2D eigenvalue weighted by Gasteiger charge is -2.23. The average molecular weight is 286 g/mol. The summed E-state index contributed by atoms with van der Waals surface area (Å²) in [7, 11) is 0. The first-order chi connectivity index (χ1) is 7.69. The smallest absolute Gasteiger partial charge is 0.131 e. The van der Waals surface area contributed by atoms with Crippen LogP contribution in [0.1, 0.15) is 19.4 Å². The number of aromatic nitrogens is 1. The van der Waals surface area contributed by atoms with Crippen molar-refractivity contribution < 1.29 is 0 Å². The van der Waals surface area contributed by atoms with Crippen LogP contribution >= 0.6 is 15.9 Å². The monoisotopic (exact) mass is 285 g/mol. The fraction of sp³-hybridized carbons (Fsp3) is 0.583. The van der Waals surface area contributed by atoms with Crippen LogP contribution in [0.15, 0.2) is 16.7 Å². The van der Waals surface area contributed by atoms with E-state index in [1.54, 1.807) is 0 Å². The topological polar surface area (TPSA) is 28.2 Å². The Hall–Kier alpha value is -0.610. The Morgan fingerprint density at radius 1 is 1.44 bits per heavy atom. The number of aryl methyl sites for hydroxylation is 1. The highest BCUT2D eigenvalue weighted by Crippen LogP contribution is 2.20. The fourth-order valence-electron chi connectivity index (χ4n) is 1.67. The molecule has 0 unspecified atom stereocenters. The number of anilines is 1. The van der Waals surface area contributed by atoms with Crippen molar-refractivity contribution in [2.24, 2.45) is 0 Å². The van der Waals surface area contributed by atoms with Crippen molar-refractivity contribution in [3.63, 3.8) is 0 Å². The Morgan fingerprint density at radius 3 is 2.75 bits per heavy atom. The number of hydrogen-bond donors (Lipinski definition) is 1. The predicted octanol–water partition coefficient (Wildman–Crippen LogP) is 2.59. The summed E-state index contributed by atoms with van der Waals surface area (Å²) in [5, 5.41) is 3.33. The van der Waals surface area contributed by atoms with E-state index in [1.807, 2.05) is 6.20 Å². The first-order valence-electron chi connectivity index (χ1n) is 5.76. The molecule has 0 aliphatic carbocycles. The molecule has 1 heterocycles. The SMILES string of the molecule is CCNCCN(CC)c1ncc(Br)cc1C. The number of hydrogen-bond acceptors (Lipinski definition) is 3. The zero-order valence-corrected chi connectivity index (χ0v) is 11.8. The van der Waals surface area contributed by atoms with E-state index in [9.17, 15) is 0 Å². The number of likely N-dealkylation sites (N-methyl/N-ethyl adjacent to an activating group) is 2. The normalized spacial score (nSPS) is 10.5. The van der Waals surface area contributed by atoms with E-state index >= 15 is 0 Å². The van der Waals surface area contributed by atoms with Crippen molar-refractivity contribution in [2.45, 2.75) is 20.8 Å². The van der Waals surface area contributed by atoms with Gasteiger partial charge in [-0.3, -0.25) is 0 Å². The van der Waals surface area contributed by atoms with Crippen molar-refractivity contribution >= 4 is 21.7 Å². The highest BCUT2D eigenvalue weighted by Gasteiger charge is 2.08. The van der Waals surface area contributed by atoms with E-state index in [0.717, 1.165) is 36.5 Å². The molecule has 0 spiro atoms. The van der Waals surface area contributed by atoms with E-state index in [1.165, 1.54) is 5.56 Å². The molecule has 0 amide bonds. The molecule has 0 aliphatic rings. The molecule has 1 rings (SSSR count). The third-order valence-corrected chi connectivity index (χ3v) is 2.94. The predicted molar refractivity (Wildman–Crippen MR) is 73.1 cm³/mol. The van der Waals surface area contributed by atoms with Gasteiger partial charge in [-0.1, -0.05) is 6.92 Å². The maximum absolute atomic E-state index is 4.48. The van der Waals surface area contributed by atoms with Crippen LogP contribution in [0.5, 0.6) is 0 Å². The van der Waals surface area contributed by atoms with Gasteiger partial charge in [0, 0.05) is 30.3 Å². The molecule has 90 valence electrons. The van der Waals surface area contributed by atoms with Gasteiger partial charge >= 0.3 is 0 Å². The molecule has 0 radical (unpaired) electrons. The maximum atomic E-state index is 4.48. The molecule has 0 saturated heterocycles. The molecule has 0 fully saturated rings. The molecular formula is C12H20BrN3. The molecule has 0 aliphatic heterocycles. The van der Waals surface area contributed by atoms with Gasteiger partial charge in [-0.2, -0.15) is 0 Å². The zero-order valence-electron chi connectivity index (χ0n) is 10.3. The van der Waals surface area contributed by atoms with Crippen LogP contribution in [0.3, 0.4) is 0 Å². The van der Waals surface area contributed by atoms with Crippen LogP contribution < -0.4 is 10.2 Å². The molecule has 16 heavy (non-hydrogen) atoms. The third-order valence-electron chi connectivity index (χ3n) is 2.51. The Morgan fingerprint density at radius 2 is 2.19 bits per heavy atom. The van der Waals surface area contributed by atoms with Gasteiger partial charge in [0.15, 0.2) is 0 Å². The van der Waals surface area contributed by atoms with Crippen molar-refractivity contribution in [3.05, 3.63) is 22.3 Å². The van der Waals surface area contributed by atoms with Crippen molar-refractivity contribution in [1.29, 1.82) is 0 Å². The van der Waals surface area contributed by atoms with Gasteiger partial charge in [-0.15, -0.1) is 0 Å². The summed E-state index contributed by atoms with van der Waals surface area (Å²) in [6.45, 7) is 10.4. The summed E-state index contributed by atoms with van der Waals surface area (Å²) in [5.74, 6) is 1.09. The second-order valence-corrected chi connectivity index (χ2v) is 4.64. The first kappa shape index (κ1) is 13.5. The molecule has 0 bridgehead atoms. The van der Waals surface area contributed by atoms with Gasteiger partial charge in [0.1, 0.15) is 5.82 Å². The van der Waals surface area contributed by atoms with Gasteiger partial charge in [0.05, 0.1) is 0 Å². The number of nitrogens with zero attached hydrogens (tertiary/aromatic N) is 2. The van der Waals surface area contributed by atoms with Gasteiger partial charge in [-0.05, 0) is 48.0 Å². The fourth-order valence-corrected chi connectivity index (χ4v) is 2.11. The summed E-state index contributed by atoms with van der Waals surface area (Å²) in [4.78, 5) is 6.78. The Kier molecular flexibility index (Phi) is 5.77. The number of nitrogens with one attached hydrogen (secondary N) is 1. The van der Waals surface area contributed by atoms with Crippen LogP contribution in [0.4, 0.5) is 5.82 Å². The van der Waals surface area contributed by atoms with E-state index in [2.05, 4.69) is 58.0 Å². The van der Waals surface area contributed by atoms with Gasteiger partial charge < -0.3 is 10.2 Å². The van der Waals surface area contributed by atoms with E-state index in [4.69, 9.17) is 0 Å². The minimum atomic E-state index is 0.987. The quantitative estimate of drug-likeness (QED) is 0.815. The third kappa shape index (κ3) is 3.76. The zero-order chi connectivity index (χ0) is 12.0. The van der Waals surface area contributed by atoms with Crippen molar-refractivity contribution in [1.82, 2.24) is 10.3 Å². The van der Waals surface area contributed by atoms with Gasteiger partial charge in [0.2, 0.25) is 0 Å². The molecule has 3 nitrogen and oxygen atoms in total. The number of rotatable bonds is 6. The number of halogens is 1. The molecule has 1 aromatic heterocycles. The average Bonchev–Trinajstić information content (AvgIpc) is 2.26. The lowest BCUT2D eigenvalue weighted by atomic mass is 10.2. The second-order valence-electron chi connectivity index (χ2n) is 3.73. The first-order valence-corrected chi connectivity index (χ1v) is 6.56. The summed E-state index contributed by atoms with van der Waals surface area (Å²) >= 11 is 3.44. The maximum Gasteiger partial charge on any atom is 0.131 e. The highest BCUT2D eigenvalue weighted by atomic mass is 79.9. The van der Waals surface area contributed by atoms with E-state index < -0.39 is 0 Å². The van der Waals surface area contributed by atoms with Crippen molar-refractivity contribution in [3.8, 4) is 0 Å².